The van der Waals surface area contributed by atoms with E-state index in [1.165, 1.54) is 4.90 Å². The van der Waals surface area contributed by atoms with Crippen LogP contribution in [0.15, 0.2) is 0 Å². The van der Waals surface area contributed by atoms with E-state index >= 15 is 0 Å². The van der Waals surface area contributed by atoms with Crippen LogP contribution in [0.5, 0.6) is 0 Å². The Morgan fingerprint density at radius 2 is 1.48 bits per heavy atom. The maximum Gasteiger partial charge on any atom is 0.329 e. The third-order valence-electron chi connectivity index (χ3n) is 8.51. The Kier molecular flexibility index (Phi) is 13.6. The zero-order valence-corrected chi connectivity index (χ0v) is 29.9. The Morgan fingerprint density at radius 3 is 1.96 bits per heavy atom. The molecule has 0 aromatic heterocycles. The van der Waals surface area contributed by atoms with E-state index in [0.29, 0.717) is 32.4 Å². The van der Waals surface area contributed by atoms with Gasteiger partial charge in [-0.05, 0) is 69.1 Å². The fraction of sp³-hybridized carbons (Fsp3) is 0.824. The number of esters is 1. The fourth-order valence-corrected chi connectivity index (χ4v) is 5.75. The van der Waals surface area contributed by atoms with Crippen LogP contribution in [0.4, 0.5) is 4.79 Å². The Labute approximate surface area is 275 Å². The summed E-state index contributed by atoms with van der Waals surface area (Å²) in [5.74, 6) is -3.06. The third-order valence-corrected chi connectivity index (χ3v) is 8.51. The molecule has 2 rings (SSSR count). The van der Waals surface area contributed by atoms with Gasteiger partial charge in [-0.15, -0.1) is 0 Å². The van der Waals surface area contributed by atoms with Gasteiger partial charge in [-0.25, -0.2) is 9.59 Å². The number of ether oxygens (including phenoxy) is 1. The molecule has 2 aliphatic rings. The van der Waals surface area contributed by atoms with Crippen LogP contribution in [0.3, 0.4) is 0 Å². The van der Waals surface area contributed by atoms with E-state index in [9.17, 15) is 28.8 Å². The SMILES string of the molecule is CCCNC(=O)C(=O)C(CC1CC1)NC(=O)[C@@H]1[C@@H](C(C)C)CCN1C(=O)[C@@H](NC(=O)N[C@H](C(=O)OC(C)(C)C)C(C)C)C(C)(C)C. The predicted molar refractivity (Wildman–Crippen MR) is 175 cm³/mol. The second-order valence-corrected chi connectivity index (χ2v) is 15.7. The van der Waals surface area contributed by atoms with Gasteiger partial charge in [0.25, 0.3) is 5.91 Å². The first-order valence-electron chi connectivity index (χ1n) is 16.9. The lowest BCUT2D eigenvalue weighted by molar-refractivity contribution is -0.158. The molecule has 1 saturated heterocycles. The number of carbonyl (C=O) groups excluding carboxylic acids is 6. The summed E-state index contributed by atoms with van der Waals surface area (Å²) in [5, 5.41) is 10.9. The number of ketones is 1. The molecule has 5 amide bonds. The number of urea groups is 1. The molecule has 1 aliphatic heterocycles. The van der Waals surface area contributed by atoms with Crippen LogP contribution in [0.2, 0.25) is 0 Å². The maximum atomic E-state index is 14.3. The number of nitrogens with zero attached hydrogens (tertiary/aromatic N) is 1. The standard InChI is InChI=1S/C34H59N5O7/c1-12-16-35-29(42)26(40)23(18-21-13-14-21)36-28(41)25-22(19(2)3)15-17-39(25)30(43)27(33(6,7)8)38-32(45)37-24(20(4)5)31(44)46-34(9,10)11/h19-25,27H,12-18H2,1-11H3,(H,35,42)(H,36,41)(H2,37,38,45)/t22-,23?,24+,25+,27-/m1/s1. The van der Waals surface area contributed by atoms with Crippen molar-refractivity contribution < 1.29 is 33.5 Å². The van der Waals surface area contributed by atoms with E-state index in [-0.39, 0.29) is 23.7 Å². The van der Waals surface area contributed by atoms with E-state index in [0.717, 1.165) is 12.8 Å². The van der Waals surface area contributed by atoms with Gasteiger partial charge in [-0.2, -0.15) is 0 Å². The van der Waals surface area contributed by atoms with Gasteiger partial charge in [-0.1, -0.05) is 68.2 Å². The number of Topliss-reactive ketones (excluding diaryl/α,β-unsaturated/α-hetero) is 1. The lowest BCUT2D eigenvalue weighted by Gasteiger charge is -2.37. The number of nitrogens with one attached hydrogen (secondary N) is 4. The fourth-order valence-electron chi connectivity index (χ4n) is 5.75. The molecule has 1 aliphatic carbocycles. The molecule has 0 aromatic carbocycles. The van der Waals surface area contributed by atoms with Crippen LogP contribution in [-0.2, 0) is 28.7 Å². The summed E-state index contributed by atoms with van der Waals surface area (Å²) in [6.07, 6.45) is 3.49. The van der Waals surface area contributed by atoms with Crippen molar-refractivity contribution in [2.24, 2.45) is 29.1 Å². The van der Waals surface area contributed by atoms with Crippen LogP contribution in [0.25, 0.3) is 0 Å². The molecule has 262 valence electrons. The van der Waals surface area contributed by atoms with Crippen molar-refractivity contribution in [1.82, 2.24) is 26.2 Å². The molecule has 0 radical (unpaired) electrons. The summed E-state index contributed by atoms with van der Waals surface area (Å²) in [4.78, 5) is 81.6. The van der Waals surface area contributed by atoms with E-state index in [2.05, 4.69) is 21.3 Å². The highest BCUT2D eigenvalue weighted by molar-refractivity contribution is 6.38. The van der Waals surface area contributed by atoms with E-state index in [4.69, 9.17) is 4.74 Å². The molecule has 12 nitrogen and oxygen atoms in total. The van der Waals surface area contributed by atoms with Crippen LogP contribution in [0, 0.1) is 29.1 Å². The molecule has 1 unspecified atom stereocenters. The van der Waals surface area contributed by atoms with Crippen molar-refractivity contribution in [2.45, 2.75) is 138 Å². The smallest absolute Gasteiger partial charge is 0.329 e. The van der Waals surface area contributed by atoms with Crippen LogP contribution < -0.4 is 21.3 Å². The number of likely N-dealkylation sites (tertiary alicyclic amines) is 1. The Bertz CT molecular complexity index is 1120. The van der Waals surface area contributed by atoms with Gasteiger partial charge in [0.05, 0.1) is 6.04 Å². The quantitative estimate of drug-likeness (QED) is 0.166. The van der Waals surface area contributed by atoms with Gasteiger partial charge in [0.2, 0.25) is 17.6 Å². The molecule has 4 N–H and O–H groups in total. The van der Waals surface area contributed by atoms with Crippen LogP contribution in [-0.4, -0.2) is 83.3 Å². The van der Waals surface area contributed by atoms with Gasteiger partial charge < -0.3 is 30.9 Å². The van der Waals surface area contributed by atoms with Crippen LogP contribution in [0.1, 0.15) is 108 Å². The minimum absolute atomic E-state index is 0.0453. The summed E-state index contributed by atoms with van der Waals surface area (Å²) in [5.41, 5.74) is -1.50. The predicted octanol–water partition coefficient (Wildman–Crippen LogP) is 3.32. The first-order chi connectivity index (χ1) is 21.2. The van der Waals surface area contributed by atoms with E-state index in [1.807, 2.05) is 41.5 Å². The van der Waals surface area contributed by atoms with Crippen molar-refractivity contribution >= 4 is 35.5 Å². The minimum atomic E-state index is -1.04. The van der Waals surface area contributed by atoms with Crippen LogP contribution >= 0.6 is 0 Å². The third kappa shape index (κ3) is 11.3. The first-order valence-corrected chi connectivity index (χ1v) is 16.9. The van der Waals surface area contributed by atoms with Crippen molar-refractivity contribution in [1.29, 1.82) is 0 Å². The molecular formula is C34H59N5O7. The Balaban J connectivity index is 2.31. The minimum Gasteiger partial charge on any atom is -0.458 e. The molecule has 5 atom stereocenters. The molecule has 0 spiro atoms. The van der Waals surface area contributed by atoms with E-state index in [1.54, 1.807) is 34.6 Å². The Hall–Kier alpha value is -3.18. The highest BCUT2D eigenvalue weighted by atomic mass is 16.6. The number of rotatable bonds is 14. The second kappa shape index (κ2) is 16.1. The lowest BCUT2D eigenvalue weighted by Crippen LogP contribution is -2.62. The van der Waals surface area contributed by atoms with Gasteiger partial charge >= 0.3 is 12.0 Å². The largest absolute Gasteiger partial charge is 0.458 e. The molecule has 46 heavy (non-hydrogen) atoms. The second-order valence-electron chi connectivity index (χ2n) is 15.7. The van der Waals surface area contributed by atoms with Gasteiger partial charge in [-0.3, -0.25) is 19.2 Å². The topological polar surface area (TPSA) is 163 Å². The van der Waals surface area contributed by atoms with Crippen molar-refractivity contribution in [3.05, 3.63) is 0 Å². The number of amides is 5. The molecule has 1 heterocycles. The zero-order valence-electron chi connectivity index (χ0n) is 29.9. The van der Waals surface area contributed by atoms with Gasteiger partial charge in [0, 0.05) is 13.1 Å². The molecule has 2 fully saturated rings. The number of hydrogen-bond acceptors (Lipinski definition) is 7. The average molecular weight is 650 g/mol. The molecule has 0 bridgehead atoms. The average Bonchev–Trinajstić information content (AvgIpc) is 3.63. The summed E-state index contributed by atoms with van der Waals surface area (Å²) in [7, 11) is 0. The molecule has 1 saturated carbocycles. The van der Waals surface area contributed by atoms with Crippen molar-refractivity contribution in [2.75, 3.05) is 13.1 Å². The molecule has 0 aromatic rings. The lowest BCUT2D eigenvalue weighted by atomic mass is 9.84. The summed E-state index contributed by atoms with van der Waals surface area (Å²) in [6.45, 7) is 20.8. The normalized spacial score (nSPS) is 20.5. The number of carbonyl (C=O) groups is 6. The van der Waals surface area contributed by atoms with Crippen molar-refractivity contribution in [3.8, 4) is 0 Å². The van der Waals surface area contributed by atoms with Gasteiger partial charge in [0.1, 0.15) is 23.7 Å². The number of hydrogen-bond donors (Lipinski definition) is 4. The monoisotopic (exact) mass is 649 g/mol. The highest BCUT2D eigenvalue weighted by Crippen LogP contribution is 2.35. The van der Waals surface area contributed by atoms with E-state index < -0.39 is 70.7 Å². The molecular weight excluding hydrogens is 590 g/mol. The molecule has 12 heteroatoms. The van der Waals surface area contributed by atoms with Gasteiger partial charge in [0.15, 0.2) is 0 Å². The summed E-state index contributed by atoms with van der Waals surface area (Å²) in [6, 6.07) is -4.55. The van der Waals surface area contributed by atoms with Crippen molar-refractivity contribution in [3.63, 3.8) is 0 Å². The summed E-state index contributed by atoms with van der Waals surface area (Å²) >= 11 is 0. The maximum absolute atomic E-state index is 14.3. The highest BCUT2D eigenvalue weighted by Gasteiger charge is 2.48. The summed E-state index contributed by atoms with van der Waals surface area (Å²) < 4.78 is 5.50. The Morgan fingerprint density at radius 1 is 0.870 bits per heavy atom. The zero-order chi connectivity index (χ0) is 35.1. The first kappa shape index (κ1) is 39.0.